The number of rotatable bonds is 3. The van der Waals surface area contributed by atoms with E-state index >= 15 is 0 Å². The fourth-order valence-corrected chi connectivity index (χ4v) is 1.47. The molecular formula is C11H10NO3-. The molecule has 2 N–H and O–H groups in total. The summed E-state index contributed by atoms with van der Waals surface area (Å²) < 4.78 is 5.41. The summed E-state index contributed by atoms with van der Waals surface area (Å²) in [4.78, 5) is 10.4. The van der Waals surface area contributed by atoms with Crippen LogP contribution in [0.15, 0.2) is 34.7 Å². The van der Waals surface area contributed by atoms with Crippen molar-refractivity contribution in [3.63, 3.8) is 0 Å². The topological polar surface area (TPSA) is 79.3 Å². The molecule has 1 unspecified atom stereocenters. The third kappa shape index (κ3) is 1.99. The minimum absolute atomic E-state index is 0.236. The number of carboxylic acids is 1. The lowest BCUT2D eigenvalue weighted by atomic mass is 10.1. The average molecular weight is 204 g/mol. The molecule has 0 saturated heterocycles. The van der Waals surface area contributed by atoms with Crippen molar-refractivity contribution in [1.82, 2.24) is 0 Å². The Balaban J connectivity index is 2.32. The Kier molecular flexibility index (Phi) is 2.43. The van der Waals surface area contributed by atoms with Crippen molar-refractivity contribution < 1.29 is 14.3 Å². The second kappa shape index (κ2) is 3.74. The van der Waals surface area contributed by atoms with Gasteiger partial charge in [0.15, 0.2) is 0 Å². The summed E-state index contributed by atoms with van der Waals surface area (Å²) in [6.07, 6.45) is -0.236. The number of para-hydroxylation sites is 1. The summed E-state index contributed by atoms with van der Waals surface area (Å²) in [7, 11) is 0. The van der Waals surface area contributed by atoms with Crippen molar-refractivity contribution in [3.05, 3.63) is 36.1 Å². The number of aliphatic carboxylic acids is 1. The van der Waals surface area contributed by atoms with Crippen molar-refractivity contribution in [2.24, 2.45) is 5.73 Å². The van der Waals surface area contributed by atoms with Gasteiger partial charge in [0.05, 0.1) is 6.04 Å². The molecule has 2 rings (SSSR count). The Morgan fingerprint density at radius 2 is 2.20 bits per heavy atom. The van der Waals surface area contributed by atoms with Gasteiger partial charge in [0, 0.05) is 17.8 Å². The van der Waals surface area contributed by atoms with Gasteiger partial charge in [-0.15, -0.1) is 0 Å². The highest BCUT2D eigenvalue weighted by Crippen LogP contribution is 2.23. The summed E-state index contributed by atoms with van der Waals surface area (Å²) >= 11 is 0. The second-order valence-corrected chi connectivity index (χ2v) is 3.37. The van der Waals surface area contributed by atoms with E-state index in [0.717, 1.165) is 5.39 Å². The van der Waals surface area contributed by atoms with E-state index in [9.17, 15) is 9.90 Å². The van der Waals surface area contributed by atoms with Gasteiger partial charge in [-0.05, 0) is 12.1 Å². The van der Waals surface area contributed by atoms with E-state index < -0.39 is 12.0 Å². The molecule has 0 fully saturated rings. The van der Waals surface area contributed by atoms with Crippen LogP contribution >= 0.6 is 0 Å². The largest absolute Gasteiger partial charge is 0.550 e. The van der Waals surface area contributed by atoms with Crippen LogP contribution in [0.3, 0.4) is 0 Å². The fourth-order valence-electron chi connectivity index (χ4n) is 1.47. The Bertz CT molecular complexity index is 456. The smallest absolute Gasteiger partial charge is 0.134 e. The number of nitrogens with two attached hydrogens (primary N) is 1. The predicted octanol–water partition coefficient (Wildman–Crippen LogP) is 0.573. The molecule has 0 aliphatic carbocycles. The molecule has 2 aromatic rings. The first kappa shape index (κ1) is 9.73. The maximum absolute atomic E-state index is 10.4. The lowest BCUT2D eigenvalue weighted by Gasteiger charge is -2.08. The van der Waals surface area contributed by atoms with Crippen LogP contribution in [0.1, 0.15) is 18.2 Å². The van der Waals surface area contributed by atoms with Gasteiger partial charge in [0.25, 0.3) is 0 Å². The van der Waals surface area contributed by atoms with Crippen molar-refractivity contribution in [1.29, 1.82) is 0 Å². The van der Waals surface area contributed by atoms with E-state index in [1.54, 1.807) is 6.07 Å². The number of carbonyl (C=O) groups is 1. The number of hydrogen-bond acceptors (Lipinski definition) is 4. The highest BCUT2D eigenvalue weighted by Gasteiger charge is 2.11. The van der Waals surface area contributed by atoms with Gasteiger partial charge in [0.1, 0.15) is 11.3 Å². The Labute approximate surface area is 86.3 Å². The van der Waals surface area contributed by atoms with Gasteiger partial charge in [-0.2, -0.15) is 0 Å². The number of carboxylic acid groups (broad SMARTS) is 1. The van der Waals surface area contributed by atoms with Crippen LogP contribution in [-0.2, 0) is 4.79 Å². The van der Waals surface area contributed by atoms with Crippen molar-refractivity contribution in [2.75, 3.05) is 0 Å². The first-order chi connectivity index (χ1) is 7.16. The molecule has 0 aliphatic heterocycles. The van der Waals surface area contributed by atoms with Gasteiger partial charge < -0.3 is 20.1 Å². The molecule has 1 aromatic heterocycles. The minimum Gasteiger partial charge on any atom is -0.550 e. The van der Waals surface area contributed by atoms with Crippen LogP contribution in [0, 0.1) is 0 Å². The highest BCUT2D eigenvalue weighted by atomic mass is 16.4. The Hall–Kier alpha value is -1.81. The van der Waals surface area contributed by atoms with Gasteiger partial charge in [-0.3, -0.25) is 0 Å². The van der Waals surface area contributed by atoms with E-state index in [0.29, 0.717) is 11.3 Å². The molecule has 1 atom stereocenters. The molecule has 78 valence electrons. The number of fused-ring (bicyclic) bond motifs is 1. The lowest BCUT2D eigenvalue weighted by molar-refractivity contribution is -0.306. The zero-order chi connectivity index (χ0) is 10.8. The molecule has 15 heavy (non-hydrogen) atoms. The molecule has 4 heteroatoms. The van der Waals surface area contributed by atoms with Gasteiger partial charge >= 0.3 is 0 Å². The van der Waals surface area contributed by atoms with Crippen LogP contribution in [-0.4, -0.2) is 5.97 Å². The van der Waals surface area contributed by atoms with E-state index in [1.165, 1.54) is 0 Å². The number of furan rings is 1. The molecule has 4 nitrogen and oxygen atoms in total. The van der Waals surface area contributed by atoms with E-state index in [1.807, 2.05) is 24.3 Å². The maximum atomic E-state index is 10.4. The Morgan fingerprint density at radius 1 is 1.47 bits per heavy atom. The first-order valence-corrected chi connectivity index (χ1v) is 4.61. The van der Waals surface area contributed by atoms with Gasteiger partial charge in [-0.25, -0.2) is 0 Å². The molecule has 0 radical (unpaired) electrons. The zero-order valence-electron chi connectivity index (χ0n) is 7.97. The maximum Gasteiger partial charge on any atom is 0.134 e. The minimum atomic E-state index is -1.18. The van der Waals surface area contributed by atoms with Crippen molar-refractivity contribution in [2.45, 2.75) is 12.5 Å². The molecule has 0 saturated carbocycles. The molecule has 0 spiro atoms. The van der Waals surface area contributed by atoms with Gasteiger partial charge in [0.2, 0.25) is 0 Å². The molecule has 1 aromatic carbocycles. The molecule has 0 amide bonds. The lowest BCUT2D eigenvalue weighted by Crippen LogP contribution is -2.27. The molecule has 0 bridgehead atoms. The number of hydrogen-bond donors (Lipinski definition) is 1. The summed E-state index contributed by atoms with van der Waals surface area (Å²) in [5.74, 6) is -0.705. The molecule has 1 heterocycles. The standard InChI is InChI=1S/C11H11NO3/c12-8(6-11(13)14)10-5-7-3-1-2-4-9(7)15-10/h1-5,8H,6,12H2,(H,13,14)/p-1. The monoisotopic (exact) mass is 204 g/mol. The van der Waals surface area contributed by atoms with E-state index in [2.05, 4.69) is 0 Å². The predicted molar refractivity (Wildman–Crippen MR) is 52.8 cm³/mol. The number of carbonyl (C=O) groups excluding carboxylic acids is 1. The SMILES string of the molecule is NC(CC(=O)[O-])c1cc2ccccc2o1. The van der Waals surface area contributed by atoms with Crippen LogP contribution in [0.4, 0.5) is 0 Å². The second-order valence-electron chi connectivity index (χ2n) is 3.37. The summed E-state index contributed by atoms with van der Waals surface area (Å²) in [6.45, 7) is 0. The number of benzene rings is 1. The highest BCUT2D eigenvalue weighted by molar-refractivity contribution is 5.78. The summed E-state index contributed by atoms with van der Waals surface area (Å²) in [5, 5.41) is 11.3. The van der Waals surface area contributed by atoms with Crippen LogP contribution in [0.25, 0.3) is 11.0 Å². The van der Waals surface area contributed by atoms with Crippen LogP contribution in [0.2, 0.25) is 0 Å². The first-order valence-electron chi connectivity index (χ1n) is 4.61. The van der Waals surface area contributed by atoms with E-state index in [4.69, 9.17) is 10.2 Å². The molecule has 0 aliphatic rings. The third-order valence-electron chi connectivity index (χ3n) is 2.20. The quantitative estimate of drug-likeness (QED) is 0.792. The van der Waals surface area contributed by atoms with E-state index in [-0.39, 0.29) is 6.42 Å². The average Bonchev–Trinajstić information content (AvgIpc) is 2.59. The molecular weight excluding hydrogens is 194 g/mol. The van der Waals surface area contributed by atoms with Crippen molar-refractivity contribution >= 4 is 16.9 Å². The van der Waals surface area contributed by atoms with Crippen molar-refractivity contribution in [3.8, 4) is 0 Å². The van der Waals surface area contributed by atoms with Crippen LogP contribution < -0.4 is 10.8 Å². The zero-order valence-corrected chi connectivity index (χ0v) is 7.97. The third-order valence-corrected chi connectivity index (χ3v) is 2.20. The van der Waals surface area contributed by atoms with Crippen LogP contribution in [0.5, 0.6) is 0 Å². The summed E-state index contributed by atoms with van der Waals surface area (Å²) in [6, 6.07) is 8.52. The van der Waals surface area contributed by atoms with Gasteiger partial charge in [-0.1, -0.05) is 18.2 Å². The summed E-state index contributed by atoms with van der Waals surface area (Å²) in [5.41, 5.74) is 6.35. The Morgan fingerprint density at radius 3 is 2.87 bits per heavy atom. The fraction of sp³-hybridized carbons (Fsp3) is 0.182. The normalized spacial score (nSPS) is 12.9.